The summed E-state index contributed by atoms with van der Waals surface area (Å²) in [5.41, 5.74) is 3.01. The van der Waals surface area contributed by atoms with Crippen LogP contribution in [0.3, 0.4) is 0 Å². The van der Waals surface area contributed by atoms with Gasteiger partial charge in [0.2, 0.25) is 0 Å². The number of rotatable bonds is 7. The molecule has 0 aliphatic heterocycles. The van der Waals surface area contributed by atoms with Crippen LogP contribution in [0.4, 0.5) is 0 Å². The van der Waals surface area contributed by atoms with Gasteiger partial charge in [0.25, 0.3) is 0 Å². The van der Waals surface area contributed by atoms with Crippen molar-refractivity contribution in [3.63, 3.8) is 0 Å². The van der Waals surface area contributed by atoms with E-state index in [1.807, 2.05) is 19.1 Å². The van der Waals surface area contributed by atoms with E-state index in [4.69, 9.17) is 9.47 Å². The molecule has 0 aromatic heterocycles. The summed E-state index contributed by atoms with van der Waals surface area (Å²) >= 11 is 0. The number of ether oxygens (including phenoxy) is 2. The molecule has 0 unspecified atom stereocenters. The Balaban J connectivity index is 1.38. The van der Waals surface area contributed by atoms with Gasteiger partial charge in [0.05, 0.1) is 14.2 Å². The highest BCUT2D eigenvalue weighted by atomic mass is 16.5. The van der Waals surface area contributed by atoms with E-state index < -0.39 is 0 Å². The third kappa shape index (κ3) is 4.15. The number of fused-ring (bicyclic) bond motifs is 5. The Morgan fingerprint density at radius 3 is 2.40 bits per heavy atom. The third-order valence-electron chi connectivity index (χ3n) is 10.7. The number of hydrogen-bond donors (Lipinski definition) is 0. The predicted octanol–water partition coefficient (Wildman–Crippen LogP) is 6.74. The summed E-state index contributed by atoms with van der Waals surface area (Å²) in [6, 6.07) is 6.16. The van der Waals surface area contributed by atoms with Gasteiger partial charge >= 0.3 is 0 Å². The maximum Gasteiger partial charge on any atom is 0.155 e. The summed E-state index contributed by atoms with van der Waals surface area (Å²) in [5, 5.41) is 0. The van der Waals surface area contributed by atoms with E-state index in [-0.39, 0.29) is 16.7 Å². The standard InChI is InChI=1S/C31H42O4/c1-20(32)27-9-10-29-26-8-7-22-18-23(33)11-14-30(22,2)28(26)12-15-31(27,29)13-5-6-21-16-24(34-3)19-25(17-21)35-4/h16-19,26-29H,5-15H2,1-4H3/t26-,27-,28+,29+,30+,31-/m1/s1. The summed E-state index contributed by atoms with van der Waals surface area (Å²) in [6.45, 7) is 4.28. The minimum Gasteiger partial charge on any atom is -0.497 e. The predicted molar refractivity (Wildman–Crippen MR) is 138 cm³/mol. The van der Waals surface area contributed by atoms with Crippen LogP contribution in [0.25, 0.3) is 0 Å². The third-order valence-corrected chi connectivity index (χ3v) is 10.7. The first-order valence-corrected chi connectivity index (χ1v) is 13.8. The van der Waals surface area contributed by atoms with Crippen molar-refractivity contribution in [1.82, 2.24) is 0 Å². The van der Waals surface area contributed by atoms with Crippen molar-refractivity contribution < 1.29 is 19.1 Å². The van der Waals surface area contributed by atoms with Crippen LogP contribution >= 0.6 is 0 Å². The monoisotopic (exact) mass is 478 g/mol. The summed E-state index contributed by atoms with van der Waals surface area (Å²) in [4.78, 5) is 25.1. The Labute approximate surface area is 210 Å². The molecule has 4 aliphatic rings. The molecule has 1 aromatic rings. The molecule has 0 saturated heterocycles. The van der Waals surface area contributed by atoms with Gasteiger partial charge in [-0.25, -0.2) is 0 Å². The van der Waals surface area contributed by atoms with Crippen molar-refractivity contribution in [2.75, 3.05) is 14.2 Å². The second kappa shape index (κ2) is 9.41. The van der Waals surface area contributed by atoms with Gasteiger partial charge in [0.15, 0.2) is 5.78 Å². The van der Waals surface area contributed by atoms with Gasteiger partial charge in [0, 0.05) is 18.4 Å². The average Bonchev–Trinajstić information content (AvgIpc) is 3.24. The molecule has 4 aliphatic carbocycles. The lowest BCUT2D eigenvalue weighted by atomic mass is 9.45. The Kier molecular flexibility index (Phi) is 6.61. The zero-order chi connectivity index (χ0) is 24.8. The number of aryl methyl sites for hydroxylation is 1. The second-order valence-corrected chi connectivity index (χ2v) is 12.1. The van der Waals surface area contributed by atoms with Crippen molar-refractivity contribution in [2.45, 2.75) is 84.5 Å². The van der Waals surface area contributed by atoms with E-state index in [0.717, 1.165) is 50.0 Å². The van der Waals surface area contributed by atoms with Crippen LogP contribution in [0.5, 0.6) is 11.5 Å². The summed E-state index contributed by atoms with van der Waals surface area (Å²) in [5.74, 6) is 4.62. The molecule has 0 N–H and O–H groups in total. The van der Waals surface area contributed by atoms with Gasteiger partial charge in [-0.2, -0.15) is 0 Å². The molecule has 4 nitrogen and oxygen atoms in total. The van der Waals surface area contributed by atoms with Gasteiger partial charge in [0.1, 0.15) is 17.3 Å². The first kappa shape index (κ1) is 24.6. The van der Waals surface area contributed by atoms with E-state index in [0.29, 0.717) is 35.7 Å². The zero-order valence-corrected chi connectivity index (χ0v) is 22.0. The minimum absolute atomic E-state index is 0.151. The molecule has 0 heterocycles. The highest BCUT2D eigenvalue weighted by Crippen LogP contribution is 2.68. The molecule has 190 valence electrons. The fourth-order valence-corrected chi connectivity index (χ4v) is 9.10. The maximum atomic E-state index is 12.9. The lowest BCUT2D eigenvalue weighted by Crippen LogP contribution is -2.52. The number of allylic oxidation sites excluding steroid dienone is 1. The van der Waals surface area contributed by atoms with Crippen LogP contribution in [0.15, 0.2) is 29.8 Å². The van der Waals surface area contributed by atoms with Crippen molar-refractivity contribution in [3.05, 3.63) is 35.4 Å². The number of carbonyl (C=O) groups is 2. The minimum atomic E-state index is 0.151. The molecule has 6 atom stereocenters. The zero-order valence-electron chi connectivity index (χ0n) is 22.0. The topological polar surface area (TPSA) is 52.6 Å². The molecule has 0 amide bonds. The lowest BCUT2D eigenvalue weighted by Gasteiger charge is -2.59. The number of benzene rings is 1. The van der Waals surface area contributed by atoms with E-state index >= 15 is 0 Å². The number of Topliss-reactive ketones (excluding diaryl/α,β-unsaturated/α-hetero) is 1. The fourth-order valence-electron chi connectivity index (χ4n) is 9.10. The Morgan fingerprint density at radius 2 is 1.71 bits per heavy atom. The molecule has 5 rings (SSSR count). The van der Waals surface area contributed by atoms with Gasteiger partial charge in [-0.1, -0.05) is 12.5 Å². The van der Waals surface area contributed by atoms with Crippen LogP contribution in [0, 0.1) is 34.5 Å². The number of carbonyl (C=O) groups excluding carboxylic acids is 2. The van der Waals surface area contributed by atoms with Gasteiger partial charge in [-0.15, -0.1) is 0 Å². The molecule has 4 heteroatoms. The van der Waals surface area contributed by atoms with Gasteiger partial charge in [-0.05, 0) is 123 Å². The quantitative estimate of drug-likeness (QED) is 0.435. The molecular weight excluding hydrogens is 436 g/mol. The summed E-state index contributed by atoms with van der Waals surface area (Å²) in [7, 11) is 3.40. The first-order chi connectivity index (χ1) is 16.8. The highest BCUT2D eigenvalue weighted by molar-refractivity contribution is 5.91. The van der Waals surface area contributed by atoms with Crippen LogP contribution in [-0.4, -0.2) is 25.8 Å². The second-order valence-electron chi connectivity index (χ2n) is 12.1. The first-order valence-electron chi connectivity index (χ1n) is 13.8. The molecule has 0 bridgehead atoms. The fraction of sp³-hybridized carbons (Fsp3) is 0.677. The average molecular weight is 479 g/mol. The molecule has 3 saturated carbocycles. The summed E-state index contributed by atoms with van der Waals surface area (Å²) < 4.78 is 11.0. The van der Waals surface area contributed by atoms with E-state index in [1.165, 1.54) is 36.8 Å². The highest BCUT2D eigenvalue weighted by Gasteiger charge is 2.61. The molecule has 0 spiro atoms. The van der Waals surface area contributed by atoms with Crippen LogP contribution in [0.2, 0.25) is 0 Å². The smallest absolute Gasteiger partial charge is 0.155 e. The Bertz CT molecular complexity index is 1000. The van der Waals surface area contributed by atoms with Crippen molar-refractivity contribution in [3.8, 4) is 11.5 Å². The van der Waals surface area contributed by atoms with Crippen LogP contribution in [-0.2, 0) is 16.0 Å². The maximum absolute atomic E-state index is 12.9. The largest absolute Gasteiger partial charge is 0.497 e. The Morgan fingerprint density at radius 1 is 0.971 bits per heavy atom. The van der Waals surface area contributed by atoms with Crippen LogP contribution in [0.1, 0.15) is 83.6 Å². The van der Waals surface area contributed by atoms with Gasteiger partial charge in [-0.3, -0.25) is 9.59 Å². The SMILES string of the molecule is COc1cc(CCC[C@]23CC[C@H]4[C@@H](CCC5=CC(=O)CC[C@@]54C)[C@@H]2CC[C@@H]3C(C)=O)cc(OC)c1. The number of hydrogen-bond acceptors (Lipinski definition) is 4. The van der Waals surface area contributed by atoms with Crippen LogP contribution < -0.4 is 9.47 Å². The molecule has 1 aromatic carbocycles. The van der Waals surface area contributed by atoms with E-state index in [9.17, 15) is 9.59 Å². The number of ketones is 2. The van der Waals surface area contributed by atoms with Crippen molar-refractivity contribution in [1.29, 1.82) is 0 Å². The number of methoxy groups -OCH3 is 2. The normalized spacial score (nSPS) is 36.0. The van der Waals surface area contributed by atoms with Crippen molar-refractivity contribution >= 4 is 11.6 Å². The lowest BCUT2D eigenvalue weighted by molar-refractivity contribution is -0.130. The molecular formula is C31H42O4. The van der Waals surface area contributed by atoms with E-state index in [2.05, 4.69) is 19.1 Å². The van der Waals surface area contributed by atoms with E-state index in [1.54, 1.807) is 14.2 Å². The van der Waals surface area contributed by atoms with Gasteiger partial charge < -0.3 is 9.47 Å². The Hall–Kier alpha value is -2.10. The molecule has 0 radical (unpaired) electrons. The molecule has 35 heavy (non-hydrogen) atoms. The summed E-state index contributed by atoms with van der Waals surface area (Å²) in [6.07, 6.45) is 13.8. The molecule has 3 fully saturated rings. The van der Waals surface area contributed by atoms with Crippen molar-refractivity contribution in [2.24, 2.45) is 34.5 Å².